The van der Waals surface area contributed by atoms with Gasteiger partial charge in [0, 0.05) is 17.6 Å². The summed E-state index contributed by atoms with van der Waals surface area (Å²) in [5.74, 6) is -1.55. The topological polar surface area (TPSA) is 98.4 Å². The summed E-state index contributed by atoms with van der Waals surface area (Å²) >= 11 is 0. The van der Waals surface area contributed by atoms with Gasteiger partial charge in [0.05, 0.1) is 23.4 Å². The highest BCUT2D eigenvalue weighted by Gasteiger charge is 2.27. The molecule has 2 heterocycles. The van der Waals surface area contributed by atoms with Crippen molar-refractivity contribution in [3.05, 3.63) is 52.1 Å². The Labute approximate surface area is 151 Å². The second-order valence-corrected chi connectivity index (χ2v) is 5.95. The first-order valence-corrected chi connectivity index (χ1v) is 8.30. The molecule has 7 heteroatoms. The molecule has 1 N–H and O–H groups in total. The first-order chi connectivity index (χ1) is 12.3. The third kappa shape index (κ3) is 3.99. The molecule has 0 saturated heterocycles. The van der Waals surface area contributed by atoms with E-state index in [1.165, 1.54) is 13.1 Å². The quantitative estimate of drug-likeness (QED) is 0.630. The monoisotopic (exact) mass is 358 g/mol. The van der Waals surface area contributed by atoms with Crippen LogP contribution in [0.4, 0.5) is 0 Å². The predicted molar refractivity (Wildman–Crippen MR) is 94.4 cm³/mol. The fourth-order valence-corrected chi connectivity index (χ4v) is 2.58. The third-order valence-corrected chi connectivity index (χ3v) is 3.96. The zero-order chi connectivity index (χ0) is 19.4. The van der Waals surface area contributed by atoms with Crippen LogP contribution in [0.25, 0.3) is 0 Å². The highest BCUT2D eigenvalue weighted by Crippen LogP contribution is 2.21. The second-order valence-electron chi connectivity index (χ2n) is 5.95. The van der Waals surface area contributed by atoms with Gasteiger partial charge in [0.2, 0.25) is 5.78 Å². The molecule has 0 spiro atoms. The van der Waals surface area contributed by atoms with Gasteiger partial charge >= 0.3 is 11.9 Å². The average molecular weight is 358 g/mol. The van der Waals surface area contributed by atoms with Crippen LogP contribution in [-0.4, -0.2) is 40.4 Å². The molecule has 0 fully saturated rings. The number of rotatable bonds is 6. The summed E-state index contributed by atoms with van der Waals surface area (Å²) in [7, 11) is 0. The van der Waals surface area contributed by atoms with E-state index >= 15 is 0 Å². The molecule has 0 bridgehead atoms. The van der Waals surface area contributed by atoms with Crippen molar-refractivity contribution in [1.29, 1.82) is 0 Å². The molecule has 2 rings (SSSR count). The van der Waals surface area contributed by atoms with Gasteiger partial charge in [-0.05, 0) is 52.3 Å². The van der Waals surface area contributed by atoms with Gasteiger partial charge in [-0.25, -0.2) is 9.59 Å². The molecule has 1 unspecified atom stereocenters. The van der Waals surface area contributed by atoms with Crippen molar-refractivity contribution in [1.82, 2.24) is 9.97 Å². The van der Waals surface area contributed by atoms with Crippen molar-refractivity contribution < 1.29 is 23.9 Å². The Morgan fingerprint density at radius 3 is 2.42 bits per heavy atom. The smallest absolute Gasteiger partial charge is 0.340 e. The van der Waals surface area contributed by atoms with Crippen LogP contribution in [-0.2, 0) is 9.47 Å². The largest absolute Gasteiger partial charge is 0.462 e. The zero-order valence-electron chi connectivity index (χ0n) is 15.5. The number of aryl methyl sites for hydroxylation is 2. The van der Waals surface area contributed by atoms with E-state index in [0.717, 1.165) is 5.69 Å². The van der Waals surface area contributed by atoms with Crippen LogP contribution in [0.15, 0.2) is 18.3 Å². The van der Waals surface area contributed by atoms with Gasteiger partial charge in [-0.1, -0.05) is 0 Å². The molecule has 0 aliphatic rings. The number of esters is 2. The first kappa shape index (κ1) is 19.4. The maximum Gasteiger partial charge on any atom is 0.340 e. The Kier molecular flexibility index (Phi) is 5.92. The minimum atomic E-state index is -1.02. The maximum atomic E-state index is 12.7. The summed E-state index contributed by atoms with van der Waals surface area (Å²) in [5, 5.41) is 0. The zero-order valence-corrected chi connectivity index (χ0v) is 15.5. The van der Waals surface area contributed by atoms with Crippen molar-refractivity contribution in [2.24, 2.45) is 0 Å². The number of nitrogens with zero attached hydrogens (tertiary/aromatic N) is 1. The second kappa shape index (κ2) is 7.95. The number of Topliss-reactive ketones (excluding diaryl/α,β-unsaturated/α-hetero) is 1. The number of hydrogen-bond donors (Lipinski definition) is 1. The summed E-state index contributed by atoms with van der Waals surface area (Å²) < 4.78 is 10.3. The minimum absolute atomic E-state index is 0.230. The van der Waals surface area contributed by atoms with Gasteiger partial charge in [0.1, 0.15) is 0 Å². The molecule has 2 aromatic heterocycles. The maximum absolute atomic E-state index is 12.7. The number of carbonyl (C=O) groups is 3. The van der Waals surface area contributed by atoms with E-state index in [9.17, 15) is 14.4 Å². The number of H-pyrrole nitrogens is 1. The van der Waals surface area contributed by atoms with E-state index in [2.05, 4.69) is 9.97 Å². The molecule has 0 amide bonds. The molecule has 0 aliphatic heterocycles. The van der Waals surface area contributed by atoms with Crippen molar-refractivity contribution in [3.8, 4) is 0 Å². The van der Waals surface area contributed by atoms with Crippen molar-refractivity contribution in [2.75, 3.05) is 6.61 Å². The van der Waals surface area contributed by atoms with E-state index in [4.69, 9.17) is 9.47 Å². The number of aromatic amines is 1. The summed E-state index contributed by atoms with van der Waals surface area (Å²) in [6, 6.07) is 3.28. The molecule has 1 atom stereocenters. The summed E-state index contributed by atoms with van der Waals surface area (Å²) in [6.07, 6.45) is 0.383. The Bertz CT molecular complexity index is 836. The number of carbonyl (C=O) groups excluding carboxylic acids is 3. The van der Waals surface area contributed by atoms with Crippen LogP contribution in [0, 0.1) is 20.8 Å². The molecule has 138 valence electrons. The number of ketones is 1. The highest BCUT2D eigenvalue weighted by atomic mass is 16.5. The fraction of sp³-hybridized carbons (Fsp3) is 0.368. The molecule has 26 heavy (non-hydrogen) atoms. The third-order valence-electron chi connectivity index (χ3n) is 3.96. The van der Waals surface area contributed by atoms with Gasteiger partial charge in [0.15, 0.2) is 6.10 Å². The lowest BCUT2D eigenvalue weighted by atomic mass is 10.1. The summed E-state index contributed by atoms with van der Waals surface area (Å²) in [4.78, 5) is 43.8. The van der Waals surface area contributed by atoms with Crippen LogP contribution >= 0.6 is 0 Å². The average Bonchev–Trinajstić information content (AvgIpc) is 2.89. The summed E-state index contributed by atoms with van der Waals surface area (Å²) in [6.45, 7) is 8.58. The Morgan fingerprint density at radius 2 is 1.85 bits per heavy atom. The highest BCUT2D eigenvalue weighted by molar-refractivity contribution is 6.04. The van der Waals surface area contributed by atoms with Crippen LogP contribution in [0.1, 0.15) is 62.0 Å². The summed E-state index contributed by atoms with van der Waals surface area (Å²) in [5.41, 5.74) is 2.61. The van der Waals surface area contributed by atoms with Gasteiger partial charge in [0.25, 0.3) is 0 Å². The lowest BCUT2D eigenvalue weighted by molar-refractivity contribution is 0.0316. The van der Waals surface area contributed by atoms with Gasteiger partial charge in [-0.3, -0.25) is 9.78 Å². The van der Waals surface area contributed by atoms with Crippen molar-refractivity contribution >= 4 is 17.7 Å². The van der Waals surface area contributed by atoms with E-state index in [1.807, 2.05) is 0 Å². The van der Waals surface area contributed by atoms with Crippen molar-refractivity contribution in [3.63, 3.8) is 0 Å². The SMILES string of the molecule is CCOC(=O)c1c(C)[nH]c(C(=O)C(C)OC(=O)c2ccc(C)nc2)c1C. The standard InChI is InChI=1S/C19H22N2O5/c1-6-25-19(24)15-11(3)16(21-12(15)4)17(22)13(5)26-18(23)14-8-7-10(2)20-9-14/h7-9,13,21H,6H2,1-5H3. The van der Waals surface area contributed by atoms with Gasteiger partial charge < -0.3 is 14.5 Å². The van der Waals surface area contributed by atoms with Crippen LogP contribution in [0.3, 0.4) is 0 Å². The van der Waals surface area contributed by atoms with E-state index in [0.29, 0.717) is 16.8 Å². The molecule has 0 aliphatic carbocycles. The number of ether oxygens (including phenoxy) is 2. The molecular formula is C19H22N2O5. The Balaban J connectivity index is 2.18. The lowest BCUT2D eigenvalue weighted by Crippen LogP contribution is -2.25. The van der Waals surface area contributed by atoms with E-state index < -0.39 is 23.8 Å². The normalized spacial score (nSPS) is 11.7. The molecule has 2 aromatic rings. The van der Waals surface area contributed by atoms with Gasteiger partial charge in [-0.15, -0.1) is 0 Å². The van der Waals surface area contributed by atoms with E-state index in [-0.39, 0.29) is 17.9 Å². The Hall–Kier alpha value is -2.96. The molecule has 0 saturated carbocycles. The molecule has 0 aromatic carbocycles. The van der Waals surface area contributed by atoms with Crippen LogP contribution in [0.5, 0.6) is 0 Å². The fourth-order valence-electron chi connectivity index (χ4n) is 2.58. The van der Waals surface area contributed by atoms with Crippen LogP contribution < -0.4 is 0 Å². The first-order valence-electron chi connectivity index (χ1n) is 8.30. The van der Waals surface area contributed by atoms with Gasteiger partial charge in [-0.2, -0.15) is 0 Å². The number of aromatic nitrogens is 2. The Morgan fingerprint density at radius 1 is 1.15 bits per heavy atom. The number of pyridine rings is 1. The van der Waals surface area contributed by atoms with E-state index in [1.54, 1.807) is 39.8 Å². The minimum Gasteiger partial charge on any atom is -0.462 e. The molecule has 7 nitrogen and oxygen atoms in total. The number of hydrogen-bond acceptors (Lipinski definition) is 6. The molecule has 0 radical (unpaired) electrons. The predicted octanol–water partition coefficient (Wildman–Crippen LogP) is 2.94. The molecular weight excluding hydrogens is 336 g/mol. The van der Waals surface area contributed by atoms with Crippen molar-refractivity contribution in [2.45, 2.75) is 40.7 Å². The van der Waals surface area contributed by atoms with Crippen LogP contribution in [0.2, 0.25) is 0 Å². The number of nitrogens with one attached hydrogen (secondary N) is 1. The lowest BCUT2D eigenvalue weighted by Gasteiger charge is -2.12.